The van der Waals surface area contributed by atoms with Crippen molar-refractivity contribution >= 4 is 12.0 Å². The van der Waals surface area contributed by atoms with E-state index in [0.29, 0.717) is 19.4 Å². The highest BCUT2D eigenvalue weighted by Crippen LogP contribution is 2.18. The molecule has 0 atom stereocenters. The number of carbonyl (C=O) groups excluding carboxylic acids is 1. The van der Waals surface area contributed by atoms with Crippen molar-refractivity contribution in [3.63, 3.8) is 0 Å². The Morgan fingerprint density at radius 1 is 1.17 bits per heavy atom. The molecule has 106 valence electrons. The number of urea groups is 1. The van der Waals surface area contributed by atoms with Crippen LogP contribution in [0.2, 0.25) is 0 Å². The second kappa shape index (κ2) is 6.07. The fraction of sp³-hybridized carbons (Fsp3) is 0.846. The topological polar surface area (TPSA) is 69.6 Å². The summed E-state index contributed by atoms with van der Waals surface area (Å²) in [5.41, 5.74) is -1.18. The standard InChI is InChI=1S/C13H26N2O3/c1-7-13(8-2,10(16)17)14-11(18)15(6)9-12(3,4)5/h7-9H2,1-6H3,(H,14,18)(H,16,17). The van der Waals surface area contributed by atoms with Gasteiger partial charge in [-0.15, -0.1) is 0 Å². The number of carboxylic acid groups (broad SMARTS) is 1. The van der Waals surface area contributed by atoms with E-state index in [1.165, 1.54) is 4.90 Å². The molecular weight excluding hydrogens is 232 g/mol. The summed E-state index contributed by atoms with van der Waals surface area (Å²) in [6.45, 7) is 10.2. The first-order valence-electron chi connectivity index (χ1n) is 6.34. The molecule has 0 aromatic rings. The van der Waals surface area contributed by atoms with E-state index in [2.05, 4.69) is 5.32 Å². The molecule has 18 heavy (non-hydrogen) atoms. The number of aliphatic carboxylic acids is 1. The largest absolute Gasteiger partial charge is 0.480 e. The molecule has 0 saturated heterocycles. The fourth-order valence-corrected chi connectivity index (χ4v) is 1.87. The maximum atomic E-state index is 12.0. The molecule has 0 saturated carbocycles. The van der Waals surface area contributed by atoms with Gasteiger partial charge in [0, 0.05) is 13.6 Å². The van der Waals surface area contributed by atoms with Crippen molar-refractivity contribution in [1.82, 2.24) is 10.2 Å². The molecule has 0 radical (unpaired) electrons. The second-order valence-corrected chi connectivity index (χ2v) is 5.94. The van der Waals surface area contributed by atoms with E-state index in [4.69, 9.17) is 0 Å². The highest BCUT2D eigenvalue weighted by atomic mass is 16.4. The van der Waals surface area contributed by atoms with Gasteiger partial charge in [0.2, 0.25) is 0 Å². The Balaban J connectivity index is 4.76. The Labute approximate surface area is 110 Å². The van der Waals surface area contributed by atoms with Crippen molar-refractivity contribution < 1.29 is 14.7 Å². The number of rotatable bonds is 5. The summed E-state index contributed by atoms with van der Waals surface area (Å²) < 4.78 is 0. The van der Waals surface area contributed by atoms with E-state index >= 15 is 0 Å². The van der Waals surface area contributed by atoms with E-state index in [9.17, 15) is 14.7 Å². The summed E-state index contributed by atoms with van der Waals surface area (Å²) in [6.07, 6.45) is 0.738. The van der Waals surface area contributed by atoms with Gasteiger partial charge in [-0.05, 0) is 18.3 Å². The molecule has 0 aromatic carbocycles. The predicted octanol–water partition coefficient (Wildman–Crippen LogP) is 2.32. The lowest BCUT2D eigenvalue weighted by Gasteiger charge is -2.33. The van der Waals surface area contributed by atoms with Gasteiger partial charge in [0.25, 0.3) is 0 Å². The zero-order chi connectivity index (χ0) is 14.6. The molecule has 0 aromatic heterocycles. The third kappa shape index (κ3) is 4.55. The lowest BCUT2D eigenvalue weighted by molar-refractivity contribution is -0.144. The van der Waals surface area contributed by atoms with Crippen LogP contribution in [0.4, 0.5) is 4.79 Å². The number of hydrogen-bond acceptors (Lipinski definition) is 2. The van der Waals surface area contributed by atoms with Gasteiger partial charge >= 0.3 is 12.0 Å². The quantitative estimate of drug-likeness (QED) is 0.795. The molecule has 2 amide bonds. The first-order valence-corrected chi connectivity index (χ1v) is 6.34. The van der Waals surface area contributed by atoms with Gasteiger partial charge in [-0.1, -0.05) is 34.6 Å². The van der Waals surface area contributed by atoms with Gasteiger partial charge in [-0.3, -0.25) is 0 Å². The number of carbonyl (C=O) groups is 2. The Bertz CT molecular complexity index is 304. The minimum Gasteiger partial charge on any atom is -0.480 e. The van der Waals surface area contributed by atoms with Crippen LogP contribution in [0.15, 0.2) is 0 Å². The molecule has 5 heteroatoms. The van der Waals surface area contributed by atoms with Crippen LogP contribution < -0.4 is 5.32 Å². The smallest absolute Gasteiger partial charge is 0.329 e. The van der Waals surface area contributed by atoms with Crippen LogP contribution in [0.3, 0.4) is 0 Å². The van der Waals surface area contributed by atoms with Crippen LogP contribution in [0.5, 0.6) is 0 Å². The summed E-state index contributed by atoms with van der Waals surface area (Å²) >= 11 is 0. The van der Waals surface area contributed by atoms with Crippen molar-refractivity contribution in [3.05, 3.63) is 0 Å². The molecule has 0 aliphatic heterocycles. The molecule has 0 rings (SSSR count). The van der Waals surface area contributed by atoms with Gasteiger partial charge in [0.1, 0.15) is 5.54 Å². The fourth-order valence-electron chi connectivity index (χ4n) is 1.87. The van der Waals surface area contributed by atoms with Crippen molar-refractivity contribution in [1.29, 1.82) is 0 Å². The molecule has 5 nitrogen and oxygen atoms in total. The Kier molecular flexibility index (Phi) is 5.64. The average Bonchev–Trinajstić information content (AvgIpc) is 2.22. The van der Waals surface area contributed by atoms with Crippen molar-refractivity contribution in [2.75, 3.05) is 13.6 Å². The number of hydrogen-bond donors (Lipinski definition) is 2. The molecule has 0 aliphatic rings. The summed E-state index contributed by atoms with van der Waals surface area (Å²) in [6, 6.07) is -0.337. The first-order chi connectivity index (χ1) is 8.08. The van der Waals surface area contributed by atoms with E-state index in [-0.39, 0.29) is 11.4 Å². The Hall–Kier alpha value is -1.26. The Morgan fingerprint density at radius 2 is 1.61 bits per heavy atom. The Morgan fingerprint density at radius 3 is 1.89 bits per heavy atom. The van der Waals surface area contributed by atoms with E-state index < -0.39 is 11.5 Å². The summed E-state index contributed by atoms with van der Waals surface area (Å²) in [5.74, 6) is -0.981. The first kappa shape index (κ1) is 16.7. The highest BCUT2D eigenvalue weighted by molar-refractivity contribution is 5.86. The van der Waals surface area contributed by atoms with E-state index in [0.717, 1.165) is 0 Å². The monoisotopic (exact) mass is 258 g/mol. The molecule has 0 aliphatic carbocycles. The van der Waals surface area contributed by atoms with Crippen molar-refractivity contribution in [2.24, 2.45) is 5.41 Å². The second-order valence-electron chi connectivity index (χ2n) is 5.94. The van der Waals surface area contributed by atoms with E-state index in [1.54, 1.807) is 20.9 Å². The summed E-state index contributed by atoms with van der Waals surface area (Å²) in [7, 11) is 1.68. The highest BCUT2D eigenvalue weighted by Gasteiger charge is 2.37. The summed E-state index contributed by atoms with van der Waals surface area (Å²) in [5, 5.41) is 11.9. The van der Waals surface area contributed by atoms with Gasteiger partial charge in [0.15, 0.2) is 0 Å². The van der Waals surface area contributed by atoms with Gasteiger partial charge < -0.3 is 15.3 Å². The molecular formula is C13H26N2O3. The van der Waals surface area contributed by atoms with E-state index in [1.807, 2.05) is 20.8 Å². The SMILES string of the molecule is CCC(CC)(NC(=O)N(C)CC(C)(C)C)C(=O)O. The van der Waals surface area contributed by atoms with Crippen LogP contribution in [-0.4, -0.2) is 41.1 Å². The maximum absolute atomic E-state index is 12.0. The third-order valence-corrected chi connectivity index (χ3v) is 3.02. The van der Waals surface area contributed by atoms with Crippen LogP contribution in [0.1, 0.15) is 47.5 Å². The summed E-state index contributed by atoms with van der Waals surface area (Å²) in [4.78, 5) is 24.8. The zero-order valence-electron chi connectivity index (χ0n) is 12.3. The molecule has 0 fully saturated rings. The maximum Gasteiger partial charge on any atom is 0.329 e. The van der Waals surface area contributed by atoms with Gasteiger partial charge in [-0.2, -0.15) is 0 Å². The lowest BCUT2D eigenvalue weighted by atomic mass is 9.93. The average molecular weight is 258 g/mol. The van der Waals surface area contributed by atoms with Gasteiger partial charge in [-0.25, -0.2) is 9.59 Å². The predicted molar refractivity (Wildman–Crippen MR) is 71.6 cm³/mol. The van der Waals surface area contributed by atoms with Crippen LogP contribution in [-0.2, 0) is 4.79 Å². The molecule has 0 unspecified atom stereocenters. The van der Waals surface area contributed by atoms with Crippen LogP contribution >= 0.6 is 0 Å². The van der Waals surface area contributed by atoms with Crippen molar-refractivity contribution in [3.8, 4) is 0 Å². The van der Waals surface area contributed by atoms with Gasteiger partial charge in [0.05, 0.1) is 0 Å². The number of amides is 2. The number of nitrogens with zero attached hydrogens (tertiary/aromatic N) is 1. The zero-order valence-corrected chi connectivity index (χ0v) is 12.3. The normalized spacial score (nSPS) is 12.1. The lowest BCUT2D eigenvalue weighted by Crippen LogP contribution is -2.57. The molecule has 0 heterocycles. The molecule has 0 bridgehead atoms. The number of nitrogens with one attached hydrogen (secondary N) is 1. The molecule has 2 N–H and O–H groups in total. The van der Waals surface area contributed by atoms with Crippen molar-refractivity contribution in [2.45, 2.75) is 53.0 Å². The minimum atomic E-state index is -1.16. The van der Waals surface area contributed by atoms with Crippen LogP contribution in [0.25, 0.3) is 0 Å². The minimum absolute atomic E-state index is 0.0175. The van der Waals surface area contributed by atoms with Crippen LogP contribution in [0, 0.1) is 5.41 Å². The molecule has 0 spiro atoms. The number of carboxylic acids is 1. The third-order valence-electron chi connectivity index (χ3n) is 3.02.